The quantitative estimate of drug-likeness (QED) is 0.107. The maximum atomic E-state index is 2.46. The zero-order chi connectivity index (χ0) is 53.9. The van der Waals surface area contributed by atoms with Gasteiger partial charge in [-0.1, -0.05) is 212 Å². The molecule has 0 saturated carbocycles. The van der Waals surface area contributed by atoms with Crippen LogP contribution in [0, 0.1) is 0 Å². The fourth-order valence-electron chi connectivity index (χ4n) is 11.9. The van der Waals surface area contributed by atoms with Crippen molar-refractivity contribution in [1.29, 1.82) is 0 Å². The highest BCUT2D eigenvalue weighted by Crippen LogP contribution is 2.51. The molecule has 0 aliphatic rings. The van der Waals surface area contributed by atoms with Gasteiger partial charge in [-0.15, -0.1) is 0 Å². The summed E-state index contributed by atoms with van der Waals surface area (Å²) in [6.07, 6.45) is 0. The van der Waals surface area contributed by atoms with Crippen LogP contribution in [0.15, 0.2) is 334 Å². The minimum absolute atomic E-state index is 1.08. The van der Waals surface area contributed by atoms with Gasteiger partial charge >= 0.3 is 0 Å². The molecule has 14 aromatic carbocycles. The highest BCUT2D eigenvalue weighted by Gasteiger charge is 2.24. The van der Waals surface area contributed by atoms with Crippen molar-refractivity contribution in [3.8, 4) is 44.5 Å². The molecular weight excluding hydrogens is 979 g/mol. The summed E-state index contributed by atoms with van der Waals surface area (Å²) >= 11 is 0. The Morgan fingerprint density at radius 3 is 0.877 bits per heavy atom. The van der Waals surface area contributed by atoms with E-state index >= 15 is 0 Å². The first kappa shape index (κ1) is 48.6. The third-order valence-corrected chi connectivity index (χ3v) is 15.6. The molecule has 0 unspecified atom stereocenters. The molecular formula is C78H55N3. The van der Waals surface area contributed by atoms with Crippen LogP contribution in [0.2, 0.25) is 0 Å². The van der Waals surface area contributed by atoms with Crippen LogP contribution in [0.4, 0.5) is 51.2 Å². The lowest BCUT2D eigenvalue weighted by atomic mass is 9.81. The van der Waals surface area contributed by atoms with Gasteiger partial charge in [0, 0.05) is 51.2 Å². The lowest BCUT2D eigenvalue weighted by Gasteiger charge is -2.27. The minimum atomic E-state index is 1.08. The minimum Gasteiger partial charge on any atom is -0.311 e. The molecule has 0 radical (unpaired) electrons. The molecule has 0 saturated heterocycles. The second kappa shape index (κ2) is 21.6. The summed E-state index contributed by atoms with van der Waals surface area (Å²) in [6, 6.07) is 121. The van der Waals surface area contributed by atoms with Crippen LogP contribution >= 0.6 is 0 Å². The van der Waals surface area contributed by atoms with Gasteiger partial charge in [-0.2, -0.15) is 0 Å². The molecule has 0 spiro atoms. The van der Waals surface area contributed by atoms with Crippen LogP contribution in [0.25, 0.3) is 76.8 Å². The summed E-state index contributed by atoms with van der Waals surface area (Å²) in [7, 11) is 0. The first-order valence-corrected chi connectivity index (χ1v) is 27.7. The van der Waals surface area contributed by atoms with Gasteiger partial charge in [-0.3, -0.25) is 0 Å². The van der Waals surface area contributed by atoms with Gasteiger partial charge in [-0.05, 0) is 198 Å². The van der Waals surface area contributed by atoms with E-state index in [-0.39, 0.29) is 0 Å². The lowest BCUT2D eigenvalue weighted by Crippen LogP contribution is -2.09. The zero-order valence-corrected chi connectivity index (χ0v) is 44.6. The van der Waals surface area contributed by atoms with Crippen LogP contribution in [-0.2, 0) is 0 Å². The van der Waals surface area contributed by atoms with Crippen molar-refractivity contribution < 1.29 is 0 Å². The Morgan fingerprint density at radius 2 is 0.457 bits per heavy atom. The third kappa shape index (κ3) is 9.33. The SMILES string of the molecule is c1ccc(-c2cc(-c3ccccc3)c3c4ccc(N(c5ccccc5)c5ccccc5)cc4c4cc(-c5ccc(N(c6ccccc6)c6ccccc6)cc5)ccc4c3c2-c2ccc(N(c3ccccc3)c3ccccc3)cc2)cc1. The first-order valence-electron chi connectivity index (χ1n) is 27.7. The fraction of sp³-hybridized carbons (Fsp3) is 0. The molecule has 14 rings (SSSR count). The topological polar surface area (TPSA) is 9.72 Å². The maximum Gasteiger partial charge on any atom is 0.0468 e. The number of anilines is 9. The van der Waals surface area contributed by atoms with Gasteiger partial charge in [0.25, 0.3) is 0 Å². The average Bonchev–Trinajstić information content (AvgIpc) is 3.73. The van der Waals surface area contributed by atoms with Crippen molar-refractivity contribution in [2.24, 2.45) is 0 Å². The van der Waals surface area contributed by atoms with Gasteiger partial charge in [0.1, 0.15) is 0 Å². The van der Waals surface area contributed by atoms with E-state index in [1.165, 1.54) is 54.6 Å². The number of para-hydroxylation sites is 6. The molecule has 0 aliphatic heterocycles. The summed E-state index contributed by atoms with van der Waals surface area (Å²) in [5.41, 5.74) is 19.2. The van der Waals surface area contributed by atoms with Gasteiger partial charge in [0.15, 0.2) is 0 Å². The monoisotopic (exact) mass is 1030 g/mol. The molecule has 3 heteroatoms. The van der Waals surface area contributed by atoms with Crippen molar-refractivity contribution in [2.75, 3.05) is 14.7 Å². The van der Waals surface area contributed by atoms with E-state index in [0.29, 0.717) is 0 Å². The normalized spacial score (nSPS) is 11.2. The fourth-order valence-corrected chi connectivity index (χ4v) is 11.9. The predicted molar refractivity (Wildman–Crippen MR) is 345 cm³/mol. The molecule has 0 amide bonds. The molecule has 0 aromatic heterocycles. The Labute approximate surface area is 473 Å². The van der Waals surface area contributed by atoms with Crippen molar-refractivity contribution in [2.45, 2.75) is 0 Å². The number of nitrogens with zero attached hydrogens (tertiary/aromatic N) is 3. The highest BCUT2D eigenvalue weighted by atomic mass is 15.2. The van der Waals surface area contributed by atoms with Gasteiger partial charge in [-0.25, -0.2) is 0 Å². The highest BCUT2D eigenvalue weighted by molar-refractivity contribution is 6.33. The molecule has 0 fully saturated rings. The van der Waals surface area contributed by atoms with E-state index in [2.05, 4.69) is 348 Å². The molecule has 0 atom stereocenters. The van der Waals surface area contributed by atoms with E-state index in [1.807, 2.05) is 0 Å². The molecule has 3 nitrogen and oxygen atoms in total. The van der Waals surface area contributed by atoms with Crippen molar-refractivity contribution in [3.63, 3.8) is 0 Å². The van der Waals surface area contributed by atoms with Crippen LogP contribution in [0.5, 0.6) is 0 Å². The van der Waals surface area contributed by atoms with Crippen molar-refractivity contribution in [3.05, 3.63) is 334 Å². The maximum absolute atomic E-state index is 2.46. The number of benzene rings is 14. The molecule has 81 heavy (non-hydrogen) atoms. The first-order chi connectivity index (χ1) is 40.2. The number of fused-ring (bicyclic) bond motifs is 6. The summed E-state index contributed by atoms with van der Waals surface area (Å²) < 4.78 is 0. The summed E-state index contributed by atoms with van der Waals surface area (Å²) in [5, 5.41) is 7.16. The molecule has 0 aliphatic carbocycles. The molecule has 0 heterocycles. The summed E-state index contributed by atoms with van der Waals surface area (Å²) in [4.78, 5) is 7.03. The average molecular weight is 1030 g/mol. The van der Waals surface area contributed by atoms with Crippen LogP contribution in [0.3, 0.4) is 0 Å². The molecule has 0 bridgehead atoms. The van der Waals surface area contributed by atoms with Crippen molar-refractivity contribution in [1.82, 2.24) is 0 Å². The Balaban J connectivity index is 1.05. The number of hydrogen-bond acceptors (Lipinski definition) is 3. The smallest absolute Gasteiger partial charge is 0.0468 e. The van der Waals surface area contributed by atoms with Crippen LogP contribution in [0.1, 0.15) is 0 Å². The molecule has 0 N–H and O–H groups in total. The Morgan fingerprint density at radius 1 is 0.160 bits per heavy atom. The van der Waals surface area contributed by atoms with Gasteiger partial charge < -0.3 is 14.7 Å². The van der Waals surface area contributed by atoms with E-state index in [1.54, 1.807) is 0 Å². The lowest BCUT2D eigenvalue weighted by molar-refractivity contribution is 1.28. The van der Waals surface area contributed by atoms with Gasteiger partial charge in [0.05, 0.1) is 0 Å². The zero-order valence-electron chi connectivity index (χ0n) is 44.6. The van der Waals surface area contributed by atoms with Crippen LogP contribution in [-0.4, -0.2) is 0 Å². The molecule has 14 aromatic rings. The van der Waals surface area contributed by atoms with Crippen molar-refractivity contribution >= 4 is 83.5 Å². The number of hydrogen-bond donors (Lipinski definition) is 0. The second-order valence-electron chi connectivity index (χ2n) is 20.4. The third-order valence-electron chi connectivity index (χ3n) is 15.6. The second-order valence-corrected chi connectivity index (χ2v) is 20.4. The predicted octanol–water partition coefficient (Wildman–Crippen LogP) is 22.2. The van der Waals surface area contributed by atoms with Crippen LogP contribution < -0.4 is 14.7 Å². The Kier molecular flexibility index (Phi) is 13.0. The van der Waals surface area contributed by atoms with E-state index in [0.717, 1.165) is 73.4 Å². The van der Waals surface area contributed by atoms with E-state index in [4.69, 9.17) is 0 Å². The van der Waals surface area contributed by atoms with E-state index < -0.39 is 0 Å². The Hall–Kier alpha value is -10.7. The van der Waals surface area contributed by atoms with Gasteiger partial charge in [0.2, 0.25) is 0 Å². The summed E-state index contributed by atoms with van der Waals surface area (Å²) in [5.74, 6) is 0. The Bertz CT molecular complexity index is 4330. The standard InChI is InChI=1S/C78H55N3/c1-9-25-57(26-10-1)72-55-73(58-27-11-2-12-28-58)77-70-52-50-69(81(65-37-21-7-22-38-65)66-39-23-8-24-40-66)54-75(70)74-53-60(56-41-46-67(47-42-56)79(61-29-13-3-14-30-61)62-31-15-4-16-32-62)45-51-71(74)78(77)76(72)59-43-48-68(49-44-59)80(63-33-17-5-18-34-63)64-35-19-6-20-36-64/h1-55H. The summed E-state index contributed by atoms with van der Waals surface area (Å²) in [6.45, 7) is 0. The largest absolute Gasteiger partial charge is 0.311 e. The number of rotatable bonds is 13. The van der Waals surface area contributed by atoms with E-state index in [9.17, 15) is 0 Å². The molecule has 382 valence electrons.